The van der Waals surface area contributed by atoms with Crippen LogP contribution in [0.2, 0.25) is 0 Å². The molecule has 0 saturated carbocycles. The van der Waals surface area contributed by atoms with E-state index in [1.165, 1.54) is 4.90 Å². The Morgan fingerprint density at radius 3 is 2.17 bits per heavy atom. The fourth-order valence-electron chi connectivity index (χ4n) is 2.94. The number of para-hydroxylation sites is 2. The van der Waals surface area contributed by atoms with Gasteiger partial charge in [0, 0.05) is 32.2 Å². The summed E-state index contributed by atoms with van der Waals surface area (Å²) in [5.74, 6) is -2.83. The molecule has 1 aliphatic heterocycles. The Morgan fingerprint density at radius 2 is 1.67 bits per heavy atom. The van der Waals surface area contributed by atoms with Crippen molar-refractivity contribution in [3.8, 4) is 0 Å². The number of nitrogens with one attached hydrogen (secondary N) is 1. The number of benzene rings is 1. The number of carboxylic acid groups (broad SMARTS) is 3. The van der Waals surface area contributed by atoms with E-state index in [0.717, 1.165) is 29.8 Å². The second-order valence-electron chi connectivity index (χ2n) is 6.16. The highest BCUT2D eigenvalue weighted by atomic mass is 16.4. The minimum absolute atomic E-state index is 0.240. The van der Waals surface area contributed by atoms with Gasteiger partial charge in [0.05, 0.1) is 11.0 Å². The highest BCUT2D eigenvalue weighted by Gasteiger charge is 2.23. The minimum Gasteiger partial charge on any atom is -0.473 e. The van der Waals surface area contributed by atoms with Crippen LogP contribution in [0.4, 0.5) is 10.7 Å². The summed E-state index contributed by atoms with van der Waals surface area (Å²) in [5.41, 5.74) is 7.73. The Labute approximate surface area is 174 Å². The molecule has 2 heterocycles. The molecule has 6 N–H and O–H groups in total. The van der Waals surface area contributed by atoms with Gasteiger partial charge in [0.1, 0.15) is 0 Å². The number of carbonyl (C=O) groups is 3. The minimum atomic E-state index is -1.82. The molecule has 1 fully saturated rings. The maximum absolute atomic E-state index is 11.0. The summed E-state index contributed by atoms with van der Waals surface area (Å²) >= 11 is 0. The van der Waals surface area contributed by atoms with E-state index < -0.39 is 18.0 Å². The van der Waals surface area contributed by atoms with E-state index in [0.29, 0.717) is 26.2 Å². The van der Waals surface area contributed by atoms with Gasteiger partial charge in [-0.1, -0.05) is 26.0 Å². The third-order valence-corrected chi connectivity index (χ3v) is 4.29. The van der Waals surface area contributed by atoms with Gasteiger partial charge >= 0.3 is 18.0 Å². The van der Waals surface area contributed by atoms with Gasteiger partial charge in [0.2, 0.25) is 5.95 Å². The molecule has 30 heavy (non-hydrogen) atoms. The number of hydrogen-bond donors (Lipinski definition) is 5. The van der Waals surface area contributed by atoms with Gasteiger partial charge in [-0.25, -0.2) is 19.4 Å². The summed E-state index contributed by atoms with van der Waals surface area (Å²) in [6, 6.07) is 8.23. The van der Waals surface area contributed by atoms with Crippen molar-refractivity contribution >= 4 is 35.0 Å². The summed E-state index contributed by atoms with van der Waals surface area (Å²) in [5, 5.41) is 27.2. The van der Waals surface area contributed by atoms with Crippen molar-refractivity contribution in [1.82, 2.24) is 14.5 Å². The van der Waals surface area contributed by atoms with Crippen molar-refractivity contribution in [1.29, 1.82) is 0 Å². The predicted molar refractivity (Wildman–Crippen MR) is 112 cm³/mol. The number of hydrogen-bond acceptors (Lipinski definition) is 6. The highest BCUT2D eigenvalue weighted by Crippen LogP contribution is 2.22. The Balaban J connectivity index is 0.000000487. The molecule has 11 heteroatoms. The summed E-state index contributed by atoms with van der Waals surface area (Å²) in [4.78, 5) is 35.3. The second kappa shape index (κ2) is 12.3. The van der Waals surface area contributed by atoms with Crippen molar-refractivity contribution in [3.63, 3.8) is 0 Å². The molecule has 1 aliphatic rings. The van der Waals surface area contributed by atoms with Gasteiger partial charge in [-0.05, 0) is 25.0 Å². The SMILES string of the molecule is CC.NCCn1c(NC2CCN(C(=O)O)CC2)nc2ccccc21.O=C(O)C(=O)O. The van der Waals surface area contributed by atoms with Gasteiger partial charge in [-0.3, -0.25) is 0 Å². The number of anilines is 1. The number of nitrogens with two attached hydrogens (primary N) is 1. The first-order valence-corrected chi connectivity index (χ1v) is 9.69. The summed E-state index contributed by atoms with van der Waals surface area (Å²) in [6.07, 6.45) is 0.741. The molecule has 0 spiro atoms. The van der Waals surface area contributed by atoms with Gasteiger partial charge in [-0.15, -0.1) is 0 Å². The topological polar surface area (TPSA) is 171 Å². The molecule has 3 rings (SSSR count). The molecule has 1 amide bonds. The first-order valence-electron chi connectivity index (χ1n) is 9.69. The zero-order valence-electron chi connectivity index (χ0n) is 17.1. The quantitative estimate of drug-likeness (QED) is 0.459. The lowest BCUT2D eigenvalue weighted by atomic mass is 10.1. The largest absolute Gasteiger partial charge is 0.473 e. The van der Waals surface area contributed by atoms with E-state index in [-0.39, 0.29) is 6.04 Å². The molecule has 0 atom stereocenters. The molecule has 2 aromatic rings. The lowest BCUT2D eigenvalue weighted by Gasteiger charge is -2.30. The fourth-order valence-corrected chi connectivity index (χ4v) is 2.94. The number of fused-ring (bicyclic) bond motifs is 1. The number of aliphatic carboxylic acids is 2. The Kier molecular flexibility index (Phi) is 10.1. The zero-order valence-corrected chi connectivity index (χ0v) is 17.1. The van der Waals surface area contributed by atoms with Crippen LogP contribution in [0.15, 0.2) is 24.3 Å². The molecule has 166 valence electrons. The molecule has 0 aliphatic carbocycles. The maximum Gasteiger partial charge on any atom is 0.414 e. The van der Waals surface area contributed by atoms with E-state index in [2.05, 4.69) is 14.9 Å². The van der Waals surface area contributed by atoms with Crippen LogP contribution in [0.25, 0.3) is 11.0 Å². The van der Waals surface area contributed by atoms with E-state index in [4.69, 9.17) is 30.6 Å². The number of rotatable bonds is 4. The number of nitrogens with zero attached hydrogens (tertiary/aromatic N) is 3. The van der Waals surface area contributed by atoms with E-state index in [1.807, 2.05) is 38.1 Å². The van der Waals surface area contributed by atoms with Gasteiger partial charge in [0.25, 0.3) is 0 Å². The molecule has 0 bridgehead atoms. The van der Waals surface area contributed by atoms with Gasteiger partial charge in [-0.2, -0.15) is 0 Å². The molecule has 0 radical (unpaired) electrons. The number of amides is 1. The van der Waals surface area contributed by atoms with E-state index in [9.17, 15) is 4.79 Å². The maximum atomic E-state index is 11.0. The Morgan fingerprint density at radius 1 is 1.10 bits per heavy atom. The number of piperidine rings is 1. The van der Waals surface area contributed by atoms with Crippen molar-refractivity contribution in [2.24, 2.45) is 5.73 Å². The van der Waals surface area contributed by atoms with Crippen molar-refractivity contribution in [2.45, 2.75) is 39.3 Å². The summed E-state index contributed by atoms with van der Waals surface area (Å²) in [7, 11) is 0. The zero-order chi connectivity index (χ0) is 22.7. The van der Waals surface area contributed by atoms with Gasteiger partial charge in [0.15, 0.2) is 0 Å². The van der Waals surface area contributed by atoms with Crippen molar-refractivity contribution < 1.29 is 29.7 Å². The molecular weight excluding hydrogens is 394 g/mol. The standard InChI is InChI=1S/C15H21N5O2.C2H2O4.C2H6/c16-7-10-20-13-4-2-1-3-12(13)18-14(20)17-11-5-8-19(9-6-11)15(21)22;3-1(4)2(5)6;1-2/h1-4,11H,5-10,16H2,(H,17,18)(H,21,22);(H,3,4)(H,5,6);1-2H3. The lowest BCUT2D eigenvalue weighted by Crippen LogP contribution is -2.42. The third kappa shape index (κ3) is 6.92. The average molecular weight is 423 g/mol. The highest BCUT2D eigenvalue weighted by molar-refractivity contribution is 6.27. The Hall–Kier alpha value is -3.34. The van der Waals surface area contributed by atoms with Crippen LogP contribution in [-0.2, 0) is 16.1 Å². The van der Waals surface area contributed by atoms with Crippen LogP contribution in [0.5, 0.6) is 0 Å². The molecule has 1 saturated heterocycles. The fraction of sp³-hybridized carbons (Fsp3) is 0.474. The summed E-state index contributed by atoms with van der Waals surface area (Å²) < 4.78 is 2.10. The van der Waals surface area contributed by atoms with Crippen molar-refractivity contribution in [3.05, 3.63) is 24.3 Å². The molecule has 1 aromatic carbocycles. The van der Waals surface area contributed by atoms with Crippen LogP contribution in [-0.4, -0.2) is 73.5 Å². The lowest BCUT2D eigenvalue weighted by molar-refractivity contribution is -0.159. The van der Waals surface area contributed by atoms with E-state index in [1.54, 1.807) is 0 Å². The van der Waals surface area contributed by atoms with Crippen LogP contribution >= 0.6 is 0 Å². The first kappa shape index (κ1) is 24.7. The van der Waals surface area contributed by atoms with E-state index >= 15 is 0 Å². The first-order chi connectivity index (χ1) is 14.3. The molecule has 0 unspecified atom stereocenters. The number of imidazole rings is 1. The number of carboxylic acids is 2. The molecule has 1 aromatic heterocycles. The van der Waals surface area contributed by atoms with Crippen LogP contribution < -0.4 is 11.1 Å². The van der Waals surface area contributed by atoms with Crippen molar-refractivity contribution in [2.75, 3.05) is 25.0 Å². The predicted octanol–water partition coefficient (Wildman–Crippen LogP) is 1.73. The number of aromatic nitrogens is 2. The van der Waals surface area contributed by atoms with Crippen LogP contribution in [0.1, 0.15) is 26.7 Å². The average Bonchev–Trinajstić information content (AvgIpc) is 3.08. The monoisotopic (exact) mass is 423 g/mol. The molecule has 11 nitrogen and oxygen atoms in total. The second-order valence-corrected chi connectivity index (χ2v) is 6.16. The third-order valence-electron chi connectivity index (χ3n) is 4.29. The normalized spacial score (nSPS) is 13.5. The Bertz CT molecular complexity index is 833. The summed E-state index contributed by atoms with van der Waals surface area (Å²) in [6.45, 7) is 6.37. The van der Waals surface area contributed by atoms with Crippen LogP contribution in [0.3, 0.4) is 0 Å². The number of likely N-dealkylation sites (tertiary alicyclic amines) is 1. The smallest absolute Gasteiger partial charge is 0.414 e. The molecular formula is C19H29N5O6. The van der Waals surface area contributed by atoms with Gasteiger partial charge < -0.3 is 35.8 Å². The van der Waals surface area contributed by atoms with Crippen LogP contribution in [0, 0.1) is 0 Å².